The topological polar surface area (TPSA) is 180 Å². The Morgan fingerprint density at radius 3 is 1.55 bits per heavy atom. The Morgan fingerprint density at radius 2 is 1.07 bits per heavy atom. The molecule has 422 valence electrons. The maximum atomic E-state index is 17.6. The number of alkyl halides is 1. The summed E-state index contributed by atoms with van der Waals surface area (Å²) in [7, 11) is 0. The molecule has 0 aromatic heterocycles. The molecule has 0 heterocycles. The molecule has 0 spiro atoms. The molecule has 0 aromatic carbocycles. The van der Waals surface area contributed by atoms with Crippen molar-refractivity contribution >= 4 is 35.4 Å². The molecule has 4 aliphatic rings. The Morgan fingerprint density at radius 1 is 0.635 bits per heavy atom. The second-order valence-corrected chi connectivity index (χ2v) is 23.2. The molecule has 2 N–H and O–H groups in total. The van der Waals surface area contributed by atoms with E-state index in [0.29, 0.717) is 37.7 Å². The summed E-state index contributed by atoms with van der Waals surface area (Å²) >= 11 is 0. The first kappa shape index (κ1) is 63.1. The van der Waals surface area contributed by atoms with Gasteiger partial charge in [0.2, 0.25) is 5.78 Å². The van der Waals surface area contributed by atoms with Crippen LogP contribution in [0, 0.1) is 28.6 Å². The number of unbranched alkanes of at least 4 members (excludes halogenated alkanes) is 24. The predicted octanol–water partition coefficient (Wildman–Crippen LogP) is 13.2. The van der Waals surface area contributed by atoms with Gasteiger partial charge in [-0.25, -0.2) is 4.39 Å². The highest BCUT2D eigenvalue weighted by Gasteiger charge is 2.75. The minimum absolute atomic E-state index is 0.184. The molecule has 0 radical (unpaired) electrons. The third-order valence-corrected chi connectivity index (χ3v) is 17.7. The number of rotatable bonds is 39. The molecule has 0 amide bonds. The van der Waals surface area contributed by atoms with E-state index in [0.717, 1.165) is 38.5 Å². The number of ketones is 2. The number of carbonyl (C=O) groups is 6. The number of Topliss-reactive ketones (excluding diaryl/α,β-unsaturated/α-hetero) is 1. The van der Waals surface area contributed by atoms with Crippen molar-refractivity contribution in [1.82, 2.24) is 0 Å². The quantitative estimate of drug-likeness (QED) is 0.0338. The van der Waals surface area contributed by atoms with E-state index in [4.69, 9.17) is 18.9 Å². The van der Waals surface area contributed by atoms with Crippen LogP contribution in [0.4, 0.5) is 4.39 Å². The number of aliphatic hydroxyl groups is 2. The van der Waals surface area contributed by atoms with Crippen molar-refractivity contribution in [1.29, 1.82) is 0 Å². The first-order chi connectivity index (χ1) is 35.5. The van der Waals surface area contributed by atoms with Gasteiger partial charge in [0, 0.05) is 29.6 Å². The molecule has 74 heavy (non-hydrogen) atoms. The zero-order valence-corrected chi connectivity index (χ0v) is 46.6. The molecular weight excluding hydrogens is 944 g/mol. The van der Waals surface area contributed by atoms with E-state index in [1.54, 1.807) is 26.8 Å². The van der Waals surface area contributed by atoms with Gasteiger partial charge in [0.05, 0.1) is 18.9 Å². The molecule has 0 bridgehead atoms. The van der Waals surface area contributed by atoms with Gasteiger partial charge in [0.15, 0.2) is 24.2 Å². The van der Waals surface area contributed by atoms with Crippen molar-refractivity contribution in [3.63, 3.8) is 0 Å². The summed E-state index contributed by atoms with van der Waals surface area (Å²) in [4.78, 5) is 77.7. The first-order valence-corrected chi connectivity index (χ1v) is 29.7. The van der Waals surface area contributed by atoms with Crippen molar-refractivity contribution in [3.8, 4) is 0 Å². The fourth-order valence-electron chi connectivity index (χ4n) is 13.1. The zero-order chi connectivity index (χ0) is 54.0. The van der Waals surface area contributed by atoms with Gasteiger partial charge in [0.25, 0.3) is 0 Å². The van der Waals surface area contributed by atoms with Gasteiger partial charge >= 0.3 is 23.9 Å². The van der Waals surface area contributed by atoms with Gasteiger partial charge in [-0.2, -0.15) is 0 Å². The number of carbonyl (C=O) groups excluding carboxylic acids is 6. The van der Waals surface area contributed by atoms with Crippen molar-refractivity contribution in [2.45, 2.75) is 276 Å². The molecule has 0 saturated heterocycles. The summed E-state index contributed by atoms with van der Waals surface area (Å²) in [6.45, 7) is 8.16. The van der Waals surface area contributed by atoms with Gasteiger partial charge in [-0.3, -0.25) is 28.8 Å². The Balaban J connectivity index is 1.20. The summed E-state index contributed by atoms with van der Waals surface area (Å²) in [5, 5.41) is 23.9. The Kier molecular flexibility index (Phi) is 27.6. The summed E-state index contributed by atoms with van der Waals surface area (Å²) < 4.78 is 39.5. The normalized spacial score (nSPS) is 27.4. The van der Waals surface area contributed by atoms with Crippen molar-refractivity contribution in [3.05, 3.63) is 23.8 Å². The lowest BCUT2D eigenvalue weighted by Crippen LogP contribution is -2.69. The van der Waals surface area contributed by atoms with E-state index in [2.05, 4.69) is 13.8 Å². The number of hydrogen-bond acceptors (Lipinski definition) is 12. The van der Waals surface area contributed by atoms with Crippen LogP contribution in [-0.4, -0.2) is 89.0 Å². The molecule has 4 aliphatic carbocycles. The predicted molar refractivity (Wildman–Crippen MR) is 285 cm³/mol. The second kappa shape index (κ2) is 32.3. The van der Waals surface area contributed by atoms with Gasteiger partial charge in [-0.05, 0) is 69.4 Å². The maximum absolute atomic E-state index is 17.6. The Hall–Kier alpha value is -3.45. The third-order valence-electron chi connectivity index (χ3n) is 17.7. The van der Waals surface area contributed by atoms with E-state index in [1.165, 1.54) is 128 Å². The summed E-state index contributed by atoms with van der Waals surface area (Å²) in [6.07, 6.45) is 33.0. The minimum atomic E-state index is -2.13. The van der Waals surface area contributed by atoms with E-state index in [-0.39, 0.29) is 38.3 Å². The van der Waals surface area contributed by atoms with E-state index < -0.39 is 101 Å². The summed E-state index contributed by atoms with van der Waals surface area (Å²) in [5.74, 6) is -5.37. The molecule has 0 aromatic rings. The lowest BCUT2D eigenvalue weighted by atomic mass is 9.44. The van der Waals surface area contributed by atoms with Crippen LogP contribution in [0.1, 0.15) is 253 Å². The average Bonchev–Trinajstić information content (AvgIpc) is 3.57. The van der Waals surface area contributed by atoms with Crippen molar-refractivity contribution in [2.24, 2.45) is 28.6 Å². The third kappa shape index (κ3) is 17.8. The highest BCUT2D eigenvalue weighted by atomic mass is 19.1. The molecule has 6 unspecified atom stereocenters. The van der Waals surface area contributed by atoms with Gasteiger partial charge in [-0.1, -0.05) is 193 Å². The highest BCUT2D eigenvalue weighted by Crippen LogP contribution is 2.70. The van der Waals surface area contributed by atoms with E-state index >= 15 is 4.39 Å². The molecule has 9 atom stereocenters. The zero-order valence-electron chi connectivity index (χ0n) is 46.6. The molecular formula is C61H99FO12. The molecule has 13 heteroatoms. The minimum Gasteiger partial charge on any atom is -0.462 e. The number of halogens is 1. The fourth-order valence-corrected chi connectivity index (χ4v) is 13.1. The van der Waals surface area contributed by atoms with Gasteiger partial charge in [0.1, 0.15) is 18.8 Å². The highest BCUT2D eigenvalue weighted by molar-refractivity contribution is 6.01. The van der Waals surface area contributed by atoms with Crippen LogP contribution in [0.2, 0.25) is 0 Å². The number of aliphatic hydroxyl groups excluding tert-OH is 1. The van der Waals surface area contributed by atoms with Crippen LogP contribution in [0.3, 0.4) is 0 Å². The molecule has 12 nitrogen and oxygen atoms in total. The second-order valence-electron chi connectivity index (χ2n) is 23.2. The van der Waals surface area contributed by atoms with Crippen LogP contribution < -0.4 is 0 Å². The number of hydrogen-bond donors (Lipinski definition) is 2. The molecule has 4 rings (SSSR count). The maximum Gasteiger partial charge on any atom is 0.306 e. The summed E-state index contributed by atoms with van der Waals surface area (Å²) in [5.41, 5.74) is -5.99. The Labute approximate surface area is 444 Å². The first-order valence-electron chi connectivity index (χ1n) is 29.7. The number of ether oxygens (including phenoxy) is 4. The Bertz CT molecular complexity index is 1830. The standard InChI is InChI=1S/C61H99FO12/c1-6-8-10-12-14-16-18-20-22-24-26-28-30-32-54(66)71-43-49(74-57(69)33-31-29-27-25-23-21-19-17-15-13-11-9-7-2)44-72-55(67)36-37-56(68)73-45-53(65)61(70)46(3)40-51-50-35-34-47-41-48(63)38-39-58(47,4)60(50,62)52(64)42-59(51,61)5/h38-39,41,46,49-52,64,70H,6-37,40,42-45H2,1-5H3/t46-,49?,50?,51?,52?,58?,59?,60+,61+/m1/s1. The lowest BCUT2D eigenvalue weighted by Gasteiger charge is -2.62. The number of allylic oxidation sites excluding steroid dienone is 4. The molecule has 3 saturated carbocycles. The van der Waals surface area contributed by atoms with Gasteiger partial charge in [-0.15, -0.1) is 0 Å². The van der Waals surface area contributed by atoms with E-state index in [1.807, 2.05) is 0 Å². The molecule has 3 fully saturated rings. The van der Waals surface area contributed by atoms with Crippen LogP contribution in [-0.2, 0) is 47.7 Å². The van der Waals surface area contributed by atoms with Crippen molar-refractivity contribution < 1.29 is 62.3 Å². The molecule has 0 aliphatic heterocycles. The largest absolute Gasteiger partial charge is 0.462 e. The van der Waals surface area contributed by atoms with Crippen LogP contribution in [0.25, 0.3) is 0 Å². The van der Waals surface area contributed by atoms with Crippen LogP contribution in [0.5, 0.6) is 0 Å². The fraction of sp³-hybridized carbons (Fsp3) is 0.836. The van der Waals surface area contributed by atoms with Gasteiger partial charge < -0.3 is 29.2 Å². The van der Waals surface area contributed by atoms with Crippen LogP contribution >= 0.6 is 0 Å². The van der Waals surface area contributed by atoms with E-state index in [9.17, 15) is 39.0 Å². The monoisotopic (exact) mass is 1040 g/mol. The lowest BCUT2D eigenvalue weighted by molar-refractivity contribution is -0.220. The summed E-state index contributed by atoms with van der Waals surface area (Å²) in [6, 6.07) is 0. The average molecular weight is 1040 g/mol. The van der Waals surface area contributed by atoms with Crippen LogP contribution in [0.15, 0.2) is 23.8 Å². The smallest absolute Gasteiger partial charge is 0.306 e. The number of esters is 4. The SMILES string of the molecule is CCCCCCCCCCCCCCCC(=O)OCC(COC(=O)CCC(=O)OCC(=O)[C@@]1(O)[C@H](C)CC2C3CCC4=CC(=O)C=CC4(C)[C@@]3(F)C(O)CC21C)OC(=O)CCCCCCCCCCCCCCC. The van der Waals surface area contributed by atoms with Crippen molar-refractivity contribution in [2.75, 3.05) is 19.8 Å². The number of fused-ring (bicyclic) bond motifs is 5.